The Bertz CT molecular complexity index is 695. The molecule has 5 heteroatoms. The Morgan fingerprint density at radius 1 is 1.41 bits per heavy atom. The van der Waals surface area contributed by atoms with Crippen LogP contribution in [0.4, 0.5) is 0 Å². The number of fused-ring (bicyclic) bond motifs is 1. The molecule has 2 heterocycles. The molecule has 0 spiro atoms. The zero-order valence-electron chi connectivity index (χ0n) is 12.8. The molecule has 2 aromatic rings. The van der Waals surface area contributed by atoms with Crippen LogP contribution in [0.2, 0.25) is 5.02 Å². The van der Waals surface area contributed by atoms with Crippen LogP contribution in [0, 0.1) is 6.92 Å². The number of hydrogen-bond donors (Lipinski definition) is 1. The Hall–Kier alpha value is -1.52. The minimum atomic E-state index is 0.133. The molecular formula is C17H21ClN2O2. The maximum absolute atomic E-state index is 12.5. The van der Waals surface area contributed by atoms with Gasteiger partial charge in [0.05, 0.1) is 12.7 Å². The van der Waals surface area contributed by atoms with E-state index >= 15 is 0 Å². The molecule has 1 fully saturated rings. The number of likely N-dealkylation sites (tertiary alicyclic amines) is 1. The maximum atomic E-state index is 12.5. The van der Waals surface area contributed by atoms with Gasteiger partial charge < -0.3 is 15.1 Å². The molecule has 22 heavy (non-hydrogen) atoms. The van der Waals surface area contributed by atoms with Crippen molar-refractivity contribution >= 4 is 28.5 Å². The van der Waals surface area contributed by atoms with Gasteiger partial charge >= 0.3 is 0 Å². The third kappa shape index (κ3) is 3.13. The number of nitrogens with two attached hydrogens (primary N) is 1. The molecule has 1 atom stereocenters. The first-order chi connectivity index (χ1) is 10.5. The first-order valence-corrected chi connectivity index (χ1v) is 8.12. The largest absolute Gasteiger partial charge is 0.464 e. The van der Waals surface area contributed by atoms with Gasteiger partial charge in [0.15, 0.2) is 0 Å². The van der Waals surface area contributed by atoms with E-state index in [2.05, 4.69) is 0 Å². The summed E-state index contributed by atoms with van der Waals surface area (Å²) < 4.78 is 5.57. The minimum Gasteiger partial charge on any atom is -0.464 e. The smallest absolute Gasteiger partial charge is 0.227 e. The third-order valence-electron chi connectivity index (χ3n) is 4.40. The van der Waals surface area contributed by atoms with Crippen molar-refractivity contribution in [3.05, 3.63) is 34.5 Å². The first-order valence-electron chi connectivity index (χ1n) is 7.74. The van der Waals surface area contributed by atoms with Gasteiger partial charge in [-0.1, -0.05) is 11.6 Å². The lowest BCUT2D eigenvalue weighted by Crippen LogP contribution is -2.33. The van der Waals surface area contributed by atoms with E-state index in [0.29, 0.717) is 11.4 Å². The summed E-state index contributed by atoms with van der Waals surface area (Å²) in [5.74, 6) is 0.133. The Morgan fingerprint density at radius 2 is 2.23 bits per heavy atom. The molecule has 4 nitrogen and oxygen atoms in total. The lowest BCUT2D eigenvalue weighted by Gasteiger charge is -2.20. The fourth-order valence-corrected chi connectivity index (χ4v) is 3.15. The summed E-state index contributed by atoms with van der Waals surface area (Å²) in [5, 5.41) is 1.62. The summed E-state index contributed by atoms with van der Waals surface area (Å²) in [6, 6.07) is 4.02. The third-order valence-corrected chi connectivity index (χ3v) is 4.81. The summed E-state index contributed by atoms with van der Waals surface area (Å²) in [6.07, 6.45) is 4.86. The van der Waals surface area contributed by atoms with E-state index in [1.807, 2.05) is 24.0 Å². The van der Waals surface area contributed by atoms with Crippen molar-refractivity contribution in [2.45, 2.75) is 38.6 Å². The number of aryl methyl sites for hydroxylation is 1. The predicted octanol–water partition coefficient (Wildman–Crippen LogP) is 3.28. The van der Waals surface area contributed by atoms with Gasteiger partial charge in [-0.2, -0.15) is 0 Å². The van der Waals surface area contributed by atoms with Crippen LogP contribution in [0.1, 0.15) is 30.4 Å². The molecule has 0 radical (unpaired) electrons. The number of rotatable bonds is 2. The first kappa shape index (κ1) is 15.4. The van der Waals surface area contributed by atoms with E-state index in [1.54, 1.807) is 6.26 Å². The number of halogens is 1. The number of hydrogen-bond acceptors (Lipinski definition) is 3. The lowest BCUT2D eigenvalue weighted by atomic mass is 10.1. The summed E-state index contributed by atoms with van der Waals surface area (Å²) in [6.45, 7) is 3.48. The van der Waals surface area contributed by atoms with Crippen molar-refractivity contribution in [3.63, 3.8) is 0 Å². The summed E-state index contributed by atoms with van der Waals surface area (Å²) in [4.78, 5) is 14.4. The molecule has 1 amide bonds. The molecule has 2 N–H and O–H groups in total. The van der Waals surface area contributed by atoms with E-state index in [4.69, 9.17) is 21.8 Å². The number of carbonyl (C=O) groups is 1. The van der Waals surface area contributed by atoms with Gasteiger partial charge in [0.2, 0.25) is 5.91 Å². The van der Waals surface area contributed by atoms with Gasteiger partial charge in [0.25, 0.3) is 0 Å². The van der Waals surface area contributed by atoms with Crippen LogP contribution in [0.15, 0.2) is 22.8 Å². The van der Waals surface area contributed by atoms with Crippen LogP contribution in [0.25, 0.3) is 11.0 Å². The van der Waals surface area contributed by atoms with Crippen LogP contribution in [0.5, 0.6) is 0 Å². The van der Waals surface area contributed by atoms with E-state index in [0.717, 1.165) is 54.4 Å². The van der Waals surface area contributed by atoms with E-state index in [9.17, 15) is 4.79 Å². The molecule has 1 aliphatic heterocycles. The second-order valence-electron chi connectivity index (χ2n) is 6.11. The van der Waals surface area contributed by atoms with Crippen molar-refractivity contribution < 1.29 is 9.21 Å². The predicted molar refractivity (Wildman–Crippen MR) is 88.1 cm³/mol. The Morgan fingerprint density at radius 3 is 3.05 bits per heavy atom. The molecule has 0 bridgehead atoms. The van der Waals surface area contributed by atoms with Gasteiger partial charge in [0.1, 0.15) is 5.58 Å². The highest BCUT2D eigenvalue weighted by atomic mass is 35.5. The molecular weight excluding hydrogens is 300 g/mol. The topological polar surface area (TPSA) is 59.5 Å². The molecule has 0 saturated carbocycles. The normalized spacial score (nSPS) is 19.4. The molecule has 1 saturated heterocycles. The molecule has 3 rings (SSSR count). The van der Waals surface area contributed by atoms with Crippen LogP contribution in [-0.2, 0) is 11.2 Å². The van der Waals surface area contributed by atoms with Crippen molar-refractivity contribution in [3.8, 4) is 0 Å². The molecule has 118 valence electrons. The van der Waals surface area contributed by atoms with Gasteiger partial charge in [-0.25, -0.2) is 0 Å². The van der Waals surface area contributed by atoms with Gasteiger partial charge in [-0.15, -0.1) is 0 Å². The van der Waals surface area contributed by atoms with Crippen LogP contribution >= 0.6 is 11.6 Å². The minimum absolute atomic E-state index is 0.133. The van der Waals surface area contributed by atoms with E-state index in [-0.39, 0.29) is 11.9 Å². The Labute approximate surface area is 135 Å². The zero-order valence-corrected chi connectivity index (χ0v) is 13.5. The average molecular weight is 321 g/mol. The fourth-order valence-electron chi connectivity index (χ4n) is 2.98. The molecule has 1 aliphatic rings. The molecule has 1 aromatic carbocycles. The Balaban J connectivity index is 1.78. The quantitative estimate of drug-likeness (QED) is 0.923. The highest BCUT2D eigenvalue weighted by Crippen LogP contribution is 2.28. The standard InChI is InChI=1S/C17H21ClN2O2/c1-11-7-16-14(9-15(11)18)12(10-22-16)8-17(21)20-5-2-3-13(19)4-6-20/h7,9-10,13H,2-6,8,19H2,1H3/t13-/m0/s1. The number of amides is 1. The van der Waals surface area contributed by atoms with E-state index in [1.165, 1.54) is 0 Å². The molecule has 0 unspecified atom stereocenters. The Kier molecular flexibility index (Phi) is 4.41. The highest BCUT2D eigenvalue weighted by molar-refractivity contribution is 6.32. The monoisotopic (exact) mass is 320 g/mol. The van der Waals surface area contributed by atoms with Crippen LogP contribution in [0.3, 0.4) is 0 Å². The SMILES string of the molecule is Cc1cc2occ(CC(=O)N3CCC[C@H](N)CC3)c2cc1Cl. The average Bonchev–Trinajstić information content (AvgIpc) is 2.71. The second kappa shape index (κ2) is 6.31. The van der Waals surface area contributed by atoms with Crippen molar-refractivity contribution in [1.29, 1.82) is 0 Å². The zero-order chi connectivity index (χ0) is 15.7. The number of furan rings is 1. The van der Waals surface area contributed by atoms with Crippen LogP contribution < -0.4 is 5.73 Å². The lowest BCUT2D eigenvalue weighted by molar-refractivity contribution is -0.130. The molecule has 0 aliphatic carbocycles. The highest BCUT2D eigenvalue weighted by Gasteiger charge is 2.20. The van der Waals surface area contributed by atoms with Crippen molar-refractivity contribution in [1.82, 2.24) is 4.90 Å². The summed E-state index contributed by atoms with van der Waals surface area (Å²) in [7, 11) is 0. The maximum Gasteiger partial charge on any atom is 0.227 e. The van der Waals surface area contributed by atoms with Crippen molar-refractivity contribution in [2.75, 3.05) is 13.1 Å². The summed E-state index contributed by atoms with van der Waals surface area (Å²) >= 11 is 6.19. The van der Waals surface area contributed by atoms with Crippen LogP contribution in [-0.4, -0.2) is 29.9 Å². The van der Waals surface area contributed by atoms with Crippen molar-refractivity contribution in [2.24, 2.45) is 5.73 Å². The number of carbonyl (C=O) groups excluding carboxylic acids is 1. The van der Waals surface area contributed by atoms with E-state index < -0.39 is 0 Å². The van der Waals surface area contributed by atoms with Gasteiger partial charge in [-0.05, 0) is 43.9 Å². The summed E-state index contributed by atoms with van der Waals surface area (Å²) in [5.41, 5.74) is 8.62. The van der Waals surface area contributed by atoms with Gasteiger partial charge in [0, 0.05) is 35.1 Å². The van der Waals surface area contributed by atoms with Gasteiger partial charge in [-0.3, -0.25) is 4.79 Å². The number of nitrogens with zero attached hydrogens (tertiary/aromatic N) is 1. The number of benzene rings is 1. The second-order valence-corrected chi connectivity index (χ2v) is 6.51. The fraction of sp³-hybridized carbons (Fsp3) is 0.471. The molecule has 1 aromatic heterocycles.